The van der Waals surface area contributed by atoms with Crippen molar-refractivity contribution in [3.05, 3.63) is 0 Å². The van der Waals surface area contributed by atoms with Gasteiger partial charge in [0.05, 0.1) is 6.61 Å². The molecule has 0 aliphatic carbocycles. The molecule has 0 saturated carbocycles. The number of ether oxygens (including phenoxy) is 1. The van der Waals surface area contributed by atoms with Crippen molar-refractivity contribution in [1.29, 1.82) is 5.41 Å². The molecule has 0 aliphatic heterocycles. The van der Waals surface area contributed by atoms with Crippen LogP contribution in [0.4, 0.5) is 0 Å². The van der Waals surface area contributed by atoms with E-state index in [4.69, 9.17) is 20.0 Å². The molecular formula is C16H33NNa2O4. The van der Waals surface area contributed by atoms with Crippen molar-refractivity contribution in [2.75, 3.05) is 6.61 Å². The number of aliphatic carboxylic acids is 1. The van der Waals surface area contributed by atoms with Crippen LogP contribution in [0.25, 0.3) is 0 Å². The van der Waals surface area contributed by atoms with Gasteiger partial charge in [0.2, 0.25) is 0 Å². The van der Waals surface area contributed by atoms with Gasteiger partial charge in [-0.25, -0.2) is 4.79 Å². The first-order valence-corrected chi connectivity index (χ1v) is 7.91. The van der Waals surface area contributed by atoms with Crippen molar-refractivity contribution in [1.82, 2.24) is 0 Å². The molecule has 0 aromatic heterocycles. The molecule has 0 unspecified atom stereocenters. The first-order chi connectivity index (χ1) is 10.0. The van der Waals surface area contributed by atoms with Crippen molar-refractivity contribution in [3.63, 3.8) is 0 Å². The van der Waals surface area contributed by atoms with E-state index >= 15 is 0 Å². The summed E-state index contributed by atoms with van der Waals surface area (Å²) < 4.78 is 4.78. The molecule has 0 saturated heterocycles. The van der Waals surface area contributed by atoms with Crippen LogP contribution in [-0.4, -0.2) is 89.0 Å². The molecule has 128 valence electrons. The third-order valence-electron chi connectivity index (χ3n) is 2.86. The minimum atomic E-state index is -0.833. The average Bonchev–Trinajstić information content (AvgIpc) is 2.43. The molecule has 5 nitrogen and oxygen atoms in total. The van der Waals surface area contributed by atoms with Crippen LogP contribution in [0, 0.1) is 5.41 Å². The topological polar surface area (TPSA) is 87.5 Å². The van der Waals surface area contributed by atoms with Crippen LogP contribution in [0.1, 0.15) is 78.1 Å². The van der Waals surface area contributed by atoms with Crippen LogP contribution in [0.15, 0.2) is 0 Å². The number of carbonyl (C=O) groups is 2. The fraction of sp³-hybridized carbons (Fsp3) is 0.812. The normalized spacial score (nSPS) is 8.61. The summed E-state index contributed by atoms with van der Waals surface area (Å²) in [6.45, 7) is 3.79. The first-order valence-electron chi connectivity index (χ1n) is 7.91. The van der Waals surface area contributed by atoms with E-state index in [2.05, 4.69) is 6.92 Å². The van der Waals surface area contributed by atoms with E-state index in [1.54, 1.807) is 0 Å². The number of hydrogen-bond donors (Lipinski definition) is 2. The second-order valence-electron chi connectivity index (χ2n) is 5.01. The molecule has 0 bridgehead atoms. The molecule has 7 heteroatoms. The van der Waals surface area contributed by atoms with Gasteiger partial charge in [-0.3, -0.25) is 4.79 Å². The van der Waals surface area contributed by atoms with Crippen LogP contribution >= 0.6 is 0 Å². The second-order valence-corrected chi connectivity index (χ2v) is 5.01. The zero-order valence-electron chi connectivity index (χ0n) is 13.5. The molecule has 0 heterocycles. The molecule has 0 spiro atoms. The van der Waals surface area contributed by atoms with Gasteiger partial charge in [-0.05, 0) is 6.42 Å². The number of carboxylic acids is 1. The monoisotopic (exact) mass is 349 g/mol. The van der Waals surface area contributed by atoms with E-state index in [1.807, 2.05) is 0 Å². The van der Waals surface area contributed by atoms with E-state index in [-0.39, 0.29) is 59.1 Å². The molecule has 0 radical (unpaired) electrons. The number of nitrogens with one attached hydrogen (secondary N) is 1. The number of hydrogen-bond acceptors (Lipinski definition) is 4. The number of carboxylic acid groups (broad SMARTS) is 1. The van der Waals surface area contributed by atoms with Gasteiger partial charge >= 0.3 is 65.1 Å². The van der Waals surface area contributed by atoms with Crippen molar-refractivity contribution in [2.24, 2.45) is 0 Å². The van der Waals surface area contributed by atoms with Crippen LogP contribution in [-0.2, 0) is 14.3 Å². The Morgan fingerprint density at radius 1 is 0.913 bits per heavy atom. The predicted molar refractivity (Wildman–Crippen MR) is 99.2 cm³/mol. The van der Waals surface area contributed by atoms with Crippen LogP contribution in [0.5, 0.6) is 0 Å². The van der Waals surface area contributed by atoms with Gasteiger partial charge < -0.3 is 15.3 Å². The van der Waals surface area contributed by atoms with Gasteiger partial charge in [0.15, 0.2) is 0 Å². The Balaban J connectivity index is -0.000000268. The average molecular weight is 349 g/mol. The van der Waals surface area contributed by atoms with Gasteiger partial charge in [-0.2, -0.15) is 0 Å². The Morgan fingerprint density at radius 2 is 1.26 bits per heavy atom. The second kappa shape index (κ2) is 27.5. The molecule has 2 N–H and O–H groups in total. The van der Waals surface area contributed by atoms with Gasteiger partial charge in [0.1, 0.15) is 6.21 Å². The van der Waals surface area contributed by atoms with Crippen LogP contribution in [0.2, 0.25) is 0 Å². The summed E-state index contributed by atoms with van der Waals surface area (Å²) in [4.78, 5) is 19.6. The molecule has 0 aromatic rings. The van der Waals surface area contributed by atoms with Crippen molar-refractivity contribution < 1.29 is 19.4 Å². The standard InChI is InChI=1S/C14H27NO2.C2H4O2.2Na.2H/c1-2-3-4-5-6-7-8-9-10-11-12-17-14(16)13-15;1-2(3)4;;;;/h13,15H,2-12H2,1H3;1H3,(H,3,4);;;;. The van der Waals surface area contributed by atoms with E-state index < -0.39 is 11.9 Å². The van der Waals surface area contributed by atoms with Crippen molar-refractivity contribution in [3.8, 4) is 0 Å². The summed E-state index contributed by atoms with van der Waals surface area (Å²) in [6, 6.07) is 0. The summed E-state index contributed by atoms with van der Waals surface area (Å²) >= 11 is 0. The van der Waals surface area contributed by atoms with Crippen molar-refractivity contribution in [2.45, 2.75) is 78.1 Å². The zero-order chi connectivity index (χ0) is 16.3. The first kappa shape index (κ1) is 31.4. The Bertz CT molecular complexity index is 273. The molecule has 0 rings (SSSR count). The fourth-order valence-electron chi connectivity index (χ4n) is 1.80. The third kappa shape index (κ3) is 39.4. The maximum atomic E-state index is 10.6. The zero-order valence-corrected chi connectivity index (χ0v) is 13.5. The molecule has 0 fully saturated rings. The summed E-state index contributed by atoms with van der Waals surface area (Å²) in [5, 5.41) is 14.1. The molecule has 0 aliphatic rings. The number of unbranched alkanes of at least 4 members (excludes halogenated alkanes) is 9. The fourth-order valence-corrected chi connectivity index (χ4v) is 1.80. The molecule has 0 aromatic carbocycles. The number of esters is 1. The summed E-state index contributed by atoms with van der Waals surface area (Å²) in [5.74, 6) is -1.36. The minimum absolute atomic E-state index is 0. The predicted octanol–water partition coefficient (Wildman–Crippen LogP) is 2.89. The van der Waals surface area contributed by atoms with Crippen LogP contribution < -0.4 is 0 Å². The summed E-state index contributed by atoms with van der Waals surface area (Å²) in [7, 11) is 0. The number of rotatable bonds is 12. The Morgan fingerprint density at radius 3 is 1.61 bits per heavy atom. The quantitative estimate of drug-likeness (QED) is 0.245. The van der Waals surface area contributed by atoms with E-state index in [0.717, 1.165) is 26.0 Å². The molecular weight excluding hydrogens is 316 g/mol. The van der Waals surface area contributed by atoms with Gasteiger partial charge in [-0.15, -0.1) is 0 Å². The molecule has 0 amide bonds. The van der Waals surface area contributed by atoms with Crippen molar-refractivity contribution >= 4 is 77.3 Å². The Hall–Kier alpha value is 0.610. The van der Waals surface area contributed by atoms with Gasteiger partial charge in [-0.1, -0.05) is 64.7 Å². The van der Waals surface area contributed by atoms with E-state index in [9.17, 15) is 4.79 Å². The Labute approximate surface area is 185 Å². The summed E-state index contributed by atoms with van der Waals surface area (Å²) in [5.41, 5.74) is 0. The van der Waals surface area contributed by atoms with Crippen LogP contribution in [0.3, 0.4) is 0 Å². The number of carbonyl (C=O) groups excluding carboxylic acids is 1. The van der Waals surface area contributed by atoms with Gasteiger partial charge in [0.25, 0.3) is 5.97 Å². The van der Waals surface area contributed by atoms with E-state index in [0.29, 0.717) is 6.61 Å². The molecule has 0 atom stereocenters. The SMILES string of the molecule is CC(=O)O.CCCCCCCCCCCCOC(=O)C=N.[NaH].[NaH]. The van der Waals surface area contributed by atoms with E-state index in [1.165, 1.54) is 51.4 Å². The van der Waals surface area contributed by atoms with Gasteiger partial charge in [0, 0.05) is 6.92 Å². The summed E-state index contributed by atoms with van der Waals surface area (Å²) in [6.07, 6.45) is 13.5. The molecule has 23 heavy (non-hydrogen) atoms. The Kier molecular flexibility index (Phi) is 37.5. The maximum absolute atomic E-state index is 10.6. The third-order valence-corrected chi connectivity index (χ3v) is 2.86.